The first-order valence-electron chi connectivity index (χ1n) is 9.06. The molecule has 1 aliphatic heterocycles. The van der Waals surface area contributed by atoms with Crippen LogP contribution in [0, 0.1) is 25.7 Å². The van der Waals surface area contributed by atoms with Gasteiger partial charge in [0.1, 0.15) is 0 Å². The Balaban J connectivity index is 1.91. The Kier molecular flexibility index (Phi) is 7.09. The zero-order chi connectivity index (χ0) is 17.5. The fourth-order valence-corrected chi connectivity index (χ4v) is 3.28. The number of hydrogen-bond donors (Lipinski definition) is 1. The Hall–Kier alpha value is -1.56. The Bertz CT molecular complexity index is 540. The number of rotatable bonds is 7. The minimum atomic E-state index is 0.453. The summed E-state index contributed by atoms with van der Waals surface area (Å²) in [6, 6.07) is 2.13. The molecular weight excluding hydrogens is 302 g/mol. The second kappa shape index (κ2) is 9.06. The van der Waals surface area contributed by atoms with Gasteiger partial charge in [-0.2, -0.15) is 5.10 Å². The number of likely N-dealkylation sites (tertiary alicyclic amines) is 1. The van der Waals surface area contributed by atoms with Crippen LogP contribution >= 0.6 is 0 Å². The molecule has 1 aliphatic rings. The molecular formula is C18H33N5O. The highest BCUT2D eigenvalue weighted by atomic mass is 16.5. The quantitative estimate of drug-likeness (QED) is 0.612. The Morgan fingerprint density at radius 1 is 1.50 bits per heavy atom. The number of guanidine groups is 1. The summed E-state index contributed by atoms with van der Waals surface area (Å²) in [4.78, 5) is 7.24. The van der Waals surface area contributed by atoms with Crippen molar-refractivity contribution in [3.63, 3.8) is 0 Å². The van der Waals surface area contributed by atoms with Crippen LogP contribution in [-0.2, 0) is 11.3 Å². The van der Waals surface area contributed by atoms with Gasteiger partial charge in [-0.25, -0.2) is 0 Å². The summed E-state index contributed by atoms with van der Waals surface area (Å²) >= 11 is 0. The lowest BCUT2D eigenvalue weighted by atomic mass is 10.1. The van der Waals surface area contributed by atoms with E-state index in [1.54, 1.807) is 7.11 Å². The van der Waals surface area contributed by atoms with E-state index < -0.39 is 0 Å². The van der Waals surface area contributed by atoms with Crippen molar-refractivity contribution in [3.05, 3.63) is 17.5 Å². The summed E-state index contributed by atoms with van der Waals surface area (Å²) in [6.45, 7) is 14.1. The van der Waals surface area contributed by atoms with E-state index in [2.05, 4.69) is 46.8 Å². The normalized spacial score (nSPS) is 19.8. The molecule has 0 bridgehead atoms. The fraction of sp³-hybridized carbons (Fsp3) is 0.778. The molecule has 6 heteroatoms. The predicted octanol–water partition coefficient (Wildman–Crippen LogP) is 2.07. The third kappa shape index (κ3) is 5.23. The highest BCUT2D eigenvalue weighted by molar-refractivity contribution is 5.80. The number of methoxy groups -OCH3 is 1. The smallest absolute Gasteiger partial charge is 0.193 e. The zero-order valence-electron chi connectivity index (χ0n) is 15.9. The molecule has 2 rings (SSSR count). The van der Waals surface area contributed by atoms with Crippen LogP contribution in [0.1, 0.15) is 31.7 Å². The molecule has 2 atom stereocenters. The van der Waals surface area contributed by atoms with Gasteiger partial charge in [-0.3, -0.25) is 9.67 Å². The monoisotopic (exact) mass is 335 g/mol. The highest BCUT2D eigenvalue weighted by Gasteiger charge is 2.24. The molecule has 1 N–H and O–H groups in total. The summed E-state index contributed by atoms with van der Waals surface area (Å²) in [5, 5.41) is 7.98. The average molecular weight is 335 g/mol. The number of hydrogen-bond acceptors (Lipinski definition) is 3. The van der Waals surface area contributed by atoms with E-state index in [-0.39, 0.29) is 0 Å². The third-order valence-electron chi connectivity index (χ3n) is 4.46. The summed E-state index contributed by atoms with van der Waals surface area (Å²) in [5.41, 5.74) is 2.30. The molecule has 1 aromatic heterocycles. The van der Waals surface area contributed by atoms with Gasteiger partial charge in [0.05, 0.1) is 12.3 Å². The lowest BCUT2D eigenvalue weighted by molar-refractivity contribution is 0.157. The summed E-state index contributed by atoms with van der Waals surface area (Å²) < 4.78 is 7.39. The maximum atomic E-state index is 5.29. The summed E-state index contributed by atoms with van der Waals surface area (Å²) in [5.74, 6) is 2.11. The molecule has 1 fully saturated rings. The highest BCUT2D eigenvalue weighted by Crippen LogP contribution is 2.16. The van der Waals surface area contributed by atoms with Crippen molar-refractivity contribution in [1.29, 1.82) is 0 Å². The molecule has 0 aromatic carbocycles. The maximum Gasteiger partial charge on any atom is 0.193 e. The van der Waals surface area contributed by atoms with Crippen LogP contribution in [0.2, 0.25) is 0 Å². The van der Waals surface area contributed by atoms with Crippen LogP contribution in [0.25, 0.3) is 0 Å². The van der Waals surface area contributed by atoms with Crippen LogP contribution in [-0.4, -0.2) is 60.5 Å². The van der Waals surface area contributed by atoms with Gasteiger partial charge in [-0.05, 0) is 39.2 Å². The lowest BCUT2D eigenvalue weighted by Gasteiger charge is -2.22. The Labute approximate surface area is 146 Å². The first-order chi connectivity index (χ1) is 11.5. The second-order valence-electron chi connectivity index (χ2n) is 6.97. The van der Waals surface area contributed by atoms with Gasteiger partial charge in [-0.1, -0.05) is 6.92 Å². The molecule has 0 spiro atoms. The van der Waals surface area contributed by atoms with Crippen LogP contribution in [0.4, 0.5) is 0 Å². The van der Waals surface area contributed by atoms with E-state index in [4.69, 9.17) is 9.73 Å². The SMILES string of the molecule is CCNC(=NCC(C)Cn1nc(C)cc1C)N1CCC(COC)C1. The second-order valence-corrected chi connectivity index (χ2v) is 6.97. The topological polar surface area (TPSA) is 54.7 Å². The first kappa shape index (κ1) is 18.8. The van der Waals surface area contributed by atoms with Crippen molar-refractivity contribution in [2.75, 3.05) is 39.9 Å². The molecule has 2 heterocycles. The van der Waals surface area contributed by atoms with Gasteiger partial charge >= 0.3 is 0 Å². The van der Waals surface area contributed by atoms with Gasteiger partial charge in [0.15, 0.2) is 5.96 Å². The minimum absolute atomic E-state index is 0.453. The Morgan fingerprint density at radius 3 is 2.92 bits per heavy atom. The molecule has 1 saturated heterocycles. The number of ether oxygens (including phenoxy) is 1. The van der Waals surface area contributed by atoms with E-state index in [1.165, 1.54) is 12.1 Å². The fourth-order valence-electron chi connectivity index (χ4n) is 3.28. The molecule has 0 saturated carbocycles. The van der Waals surface area contributed by atoms with Crippen molar-refractivity contribution in [3.8, 4) is 0 Å². The number of aromatic nitrogens is 2. The summed E-state index contributed by atoms with van der Waals surface area (Å²) in [7, 11) is 1.78. The largest absolute Gasteiger partial charge is 0.384 e. The molecule has 24 heavy (non-hydrogen) atoms. The van der Waals surface area contributed by atoms with Crippen LogP contribution in [0.5, 0.6) is 0 Å². The number of aryl methyl sites for hydroxylation is 2. The first-order valence-corrected chi connectivity index (χ1v) is 9.06. The van der Waals surface area contributed by atoms with Crippen molar-refractivity contribution in [1.82, 2.24) is 20.0 Å². The van der Waals surface area contributed by atoms with Gasteiger partial charge < -0.3 is 15.0 Å². The van der Waals surface area contributed by atoms with Crippen molar-refractivity contribution < 1.29 is 4.74 Å². The van der Waals surface area contributed by atoms with E-state index in [1.807, 2.05) is 6.92 Å². The summed E-state index contributed by atoms with van der Waals surface area (Å²) in [6.07, 6.45) is 1.18. The number of aliphatic imine (C=N–C) groups is 1. The predicted molar refractivity (Wildman–Crippen MR) is 98.4 cm³/mol. The molecule has 6 nitrogen and oxygen atoms in total. The number of nitrogens with zero attached hydrogens (tertiary/aromatic N) is 4. The van der Waals surface area contributed by atoms with Gasteiger partial charge in [-0.15, -0.1) is 0 Å². The minimum Gasteiger partial charge on any atom is -0.384 e. The van der Waals surface area contributed by atoms with Gasteiger partial charge in [0.25, 0.3) is 0 Å². The van der Waals surface area contributed by atoms with E-state index in [0.717, 1.165) is 51.0 Å². The van der Waals surface area contributed by atoms with Crippen LogP contribution < -0.4 is 5.32 Å². The zero-order valence-corrected chi connectivity index (χ0v) is 15.9. The average Bonchev–Trinajstić information content (AvgIpc) is 3.11. The third-order valence-corrected chi connectivity index (χ3v) is 4.46. The lowest BCUT2D eigenvalue weighted by Crippen LogP contribution is -2.40. The molecule has 0 aliphatic carbocycles. The van der Waals surface area contributed by atoms with Crippen molar-refractivity contribution in [2.45, 2.75) is 40.7 Å². The van der Waals surface area contributed by atoms with E-state index >= 15 is 0 Å². The number of nitrogens with one attached hydrogen (secondary N) is 1. The van der Waals surface area contributed by atoms with Crippen LogP contribution in [0.15, 0.2) is 11.1 Å². The molecule has 136 valence electrons. The van der Waals surface area contributed by atoms with E-state index in [9.17, 15) is 0 Å². The molecule has 2 unspecified atom stereocenters. The maximum absolute atomic E-state index is 5.29. The van der Waals surface area contributed by atoms with Crippen molar-refractivity contribution >= 4 is 5.96 Å². The van der Waals surface area contributed by atoms with Crippen molar-refractivity contribution in [2.24, 2.45) is 16.8 Å². The van der Waals surface area contributed by atoms with E-state index in [0.29, 0.717) is 11.8 Å². The molecule has 0 radical (unpaired) electrons. The molecule has 1 aromatic rings. The van der Waals surface area contributed by atoms with Gasteiger partial charge in [0.2, 0.25) is 0 Å². The Morgan fingerprint density at radius 2 is 2.29 bits per heavy atom. The van der Waals surface area contributed by atoms with Crippen LogP contribution in [0.3, 0.4) is 0 Å². The standard InChI is InChI=1S/C18H33N5O/c1-6-19-18(22-8-7-17(12-22)13-24-5)20-10-14(2)11-23-16(4)9-15(3)21-23/h9,14,17H,6-8,10-13H2,1-5H3,(H,19,20). The van der Waals surface area contributed by atoms with Gasteiger partial charge in [0, 0.05) is 51.4 Å². The molecule has 0 amide bonds.